The van der Waals surface area contributed by atoms with Crippen molar-refractivity contribution in [1.82, 2.24) is 0 Å². The first-order valence-corrected chi connectivity index (χ1v) is 11.0. The van der Waals surface area contributed by atoms with E-state index in [9.17, 15) is 0 Å². The highest BCUT2D eigenvalue weighted by Gasteiger charge is 2.48. The van der Waals surface area contributed by atoms with Gasteiger partial charge in [-0.15, -0.1) is 0 Å². The molecule has 0 spiro atoms. The predicted molar refractivity (Wildman–Crippen MR) is 98.9 cm³/mol. The Morgan fingerprint density at radius 2 is 1.24 bits per heavy atom. The van der Waals surface area contributed by atoms with Crippen LogP contribution in [0.5, 0.6) is 0 Å². The standard InChI is InChI=1S/C17H18Br2P.BrH/c18-16-11-12-20(13-17(16)19,14-7-3-1-4-8-14)15-9-5-2-6-10-15;/h1-10,16-17H,11-13H2;1H/q+1;/p-1. The van der Waals surface area contributed by atoms with Crippen molar-refractivity contribution in [1.29, 1.82) is 0 Å². The van der Waals surface area contributed by atoms with Gasteiger partial charge in [0.15, 0.2) is 0 Å². The lowest BCUT2D eigenvalue weighted by atomic mass is 10.3. The maximum atomic E-state index is 3.90. The fourth-order valence-corrected chi connectivity index (χ4v) is 10.4. The molecule has 0 saturated carbocycles. The highest BCUT2D eigenvalue weighted by Crippen LogP contribution is 2.61. The second-order valence-electron chi connectivity index (χ2n) is 5.37. The summed E-state index contributed by atoms with van der Waals surface area (Å²) in [7, 11) is -1.27. The van der Waals surface area contributed by atoms with Gasteiger partial charge in [-0.1, -0.05) is 68.3 Å². The normalized spacial score (nSPS) is 24.1. The van der Waals surface area contributed by atoms with Crippen LogP contribution >= 0.6 is 39.1 Å². The summed E-state index contributed by atoms with van der Waals surface area (Å²) in [6.45, 7) is 0. The third-order valence-electron chi connectivity index (χ3n) is 4.17. The van der Waals surface area contributed by atoms with Gasteiger partial charge in [-0.2, -0.15) is 0 Å². The average molecular weight is 493 g/mol. The molecule has 4 heteroatoms. The molecule has 0 amide bonds. The molecule has 2 unspecified atom stereocenters. The average Bonchev–Trinajstić information content (AvgIpc) is 2.52. The van der Waals surface area contributed by atoms with E-state index in [2.05, 4.69) is 92.5 Å². The Balaban J connectivity index is 0.00000161. The lowest BCUT2D eigenvalue weighted by Gasteiger charge is -2.35. The topological polar surface area (TPSA) is 0 Å². The van der Waals surface area contributed by atoms with Crippen LogP contribution in [0.25, 0.3) is 0 Å². The van der Waals surface area contributed by atoms with E-state index < -0.39 is 7.26 Å². The van der Waals surface area contributed by atoms with Crippen molar-refractivity contribution in [3.8, 4) is 0 Å². The molecule has 21 heavy (non-hydrogen) atoms. The Bertz CT molecular complexity index is 519. The number of benzene rings is 2. The Hall–Kier alpha value is 0.310. The predicted octanol–water partition coefficient (Wildman–Crippen LogP) is 1.59. The van der Waals surface area contributed by atoms with Gasteiger partial charge in [-0.3, -0.25) is 0 Å². The summed E-state index contributed by atoms with van der Waals surface area (Å²) in [5, 5.41) is 3.10. The molecule has 2 atom stereocenters. The second-order valence-corrected chi connectivity index (χ2v) is 11.5. The summed E-state index contributed by atoms with van der Waals surface area (Å²) in [5.41, 5.74) is 0. The van der Waals surface area contributed by atoms with Crippen LogP contribution in [0, 0.1) is 0 Å². The molecule has 1 saturated heterocycles. The van der Waals surface area contributed by atoms with Crippen LogP contribution in [0.4, 0.5) is 0 Å². The molecule has 1 fully saturated rings. The van der Waals surface area contributed by atoms with Crippen LogP contribution in [-0.4, -0.2) is 22.0 Å². The van der Waals surface area contributed by atoms with Gasteiger partial charge in [0.1, 0.15) is 0 Å². The van der Waals surface area contributed by atoms with E-state index in [-0.39, 0.29) is 17.0 Å². The molecule has 2 aromatic rings. The van der Waals surface area contributed by atoms with Crippen molar-refractivity contribution in [3.05, 3.63) is 60.7 Å². The minimum Gasteiger partial charge on any atom is -1.00 e. The van der Waals surface area contributed by atoms with Crippen molar-refractivity contribution in [2.24, 2.45) is 0 Å². The van der Waals surface area contributed by atoms with Gasteiger partial charge in [0.2, 0.25) is 0 Å². The van der Waals surface area contributed by atoms with E-state index >= 15 is 0 Å². The summed E-state index contributed by atoms with van der Waals surface area (Å²) < 4.78 is 0. The first kappa shape index (κ1) is 17.7. The maximum absolute atomic E-state index is 3.90. The number of rotatable bonds is 2. The molecule has 1 aliphatic heterocycles. The third kappa shape index (κ3) is 3.63. The van der Waals surface area contributed by atoms with Gasteiger partial charge < -0.3 is 17.0 Å². The summed E-state index contributed by atoms with van der Waals surface area (Å²) >= 11 is 7.73. The SMILES string of the molecule is BrC1CC[P+](c2ccccc2)(c2ccccc2)CC1Br.[Br-]. The van der Waals surface area contributed by atoms with E-state index in [1.165, 1.54) is 18.7 Å². The molecule has 0 aliphatic carbocycles. The van der Waals surface area contributed by atoms with Crippen LogP contribution in [0.15, 0.2) is 60.7 Å². The highest BCUT2D eigenvalue weighted by atomic mass is 79.9. The van der Waals surface area contributed by atoms with E-state index in [0.29, 0.717) is 9.65 Å². The zero-order valence-electron chi connectivity index (χ0n) is 11.6. The van der Waals surface area contributed by atoms with Crippen molar-refractivity contribution in [2.75, 3.05) is 12.3 Å². The van der Waals surface area contributed by atoms with Gasteiger partial charge in [0.05, 0.1) is 35.0 Å². The molecule has 0 aromatic heterocycles. The number of hydrogen-bond acceptors (Lipinski definition) is 0. The Kier molecular flexibility index (Phi) is 6.50. The van der Waals surface area contributed by atoms with Crippen molar-refractivity contribution < 1.29 is 17.0 Å². The van der Waals surface area contributed by atoms with E-state index in [1.807, 2.05) is 0 Å². The molecule has 1 aliphatic rings. The molecule has 0 N–H and O–H groups in total. The van der Waals surface area contributed by atoms with Gasteiger partial charge in [-0.05, 0) is 30.7 Å². The van der Waals surface area contributed by atoms with Crippen LogP contribution in [0.2, 0.25) is 0 Å². The Morgan fingerprint density at radius 1 is 0.762 bits per heavy atom. The van der Waals surface area contributed by atoms with E-state index in [1.54, 1.807) is 10.6 Å². The van der Waals surface area contributed by atoms with Crippen LogP contribution < -0.4 is 27.6 Å². The van der Waals surface area contributed by atoms with Gasteiger partial charge in [0.25, 0.3) is 0 Å². The van der Waals surface area contributed by atoms with Crippen LogP contribution in [-0.2, 0) is 0 Å². The van der Waals surface area contributed by atoms with Gasteiger partial charge in [0, 0.05) is 4.83 Å². The van der Waals surface area contributed by atoms with Gasteiger partial charge in [-0.25, -0.2) is 0 Å². The number of halogens is 3. The minimum absolute atomic E-state index is 0. The second kappa shape index (κ2) is 7.73. The van der Waals surface area contributed by atoms with Crippen molar-refractivity contribution >= 4 is 49.7 Å². The first-order valence-electron chi connectivity index (χ1n) is 6.99. The monoisotopic (exact) mass is 490 g/mol. The van der Waals surface area contributed by atoms with Crippen LogP contribution in [0.3, 0.4) is 0 Å². The fourth-order valence-electron chi connectivity index (χ4n) is 3.07. The summed E-state index contributed by atoms with van der Waals surface area (Å²) in [4.78, 5) is 1.16. The van der Waals surface area contributed by atoms with Crippen molar-refractivity contribution in [3.63, 3.8) is 0 Å². The van der Waals surface area contributed by atoms with Crippen molar-refractivity contribution in [2.45, 2.75) is 16.1 Å². The molecule has 0 radical (unpaired) electrons. The van der Waals surface area contributed by atoms with E-state index in [4.69, 9.17) is 0 Å². The fraction of sp³-hybridized carbons (Fsp3) is 0.294. The molecule has 3 rings (SSSR count). The quantitative estimate of drug-likeness (QED) is 0.441. The Morgan fingerprint density at radius 3 is 1.67 bits per heavy atom. The molecule has 0 bridgehead atoms. The summed E-state index contributed by atoms with van der Waals surface area (Å²) in [6.07, 6.45) is 3.80. The number of alkyl halides is 2. The lowest BCUT2D eigenvalue weighted by molar-refractivity contribution is -0.00000369. The highest BCUT2D eigenvalue weighted by molar-refractivity contribution is 9.12. The lowest BCUT2D eigenvalue weighted by Crippen LogP contribution is -3.00. The first-order chi connectivity index (χ1) is 9.72. The molecule has 1 heterocycles. The van der Waals surface area contributed by atoms with Crippen LogP contribution in [0.1, 0.15) is 6.42 Å². The Labute approximate surface area is 155 Å². The minimum atomic E-state index is -1.27. The zero-order chi connectivity index (χ0) is 14.0. The van der Waals surface area contributed by atoms with E-state index in [0.717, 1.165) is 0 Å². The number of hydrogen-bond donors (Lipinski definition) is 0. The molecular weight excluding hydrogens is 475 g/mol. The molecular formula is C17H18Br3P. The molecule has 0 nitrogen and oxygen atoms in total. The summed E-state index contributed by atoms with van der Waals surface area (Å²) in [5.74, 6) is 0. The van der Waals surface area contributed by atoms with Gasteiger partial charge >= 0.3 is 0 Å². The molecule has 112 valence electrons. The summed E-state index contributed by atoms with van der Waals surface area (Å²) in [6, 6.07) is 22.3. The zero-order valence-corrected chi connectivity index (χ0v) is 17.3. The maximum Gasteiger partial charge on any atom is 0.0992 e. The smallest absolute Gasteiger partial charge is 0.0992 e. The largest absolute Gasteiger partial charge is 1.00 e. The third-order valence-corrected chi connectivity index (χ3v) is 12.0. The molecule has 2 aromatic carbocycles.